The molecule has 0 saturated heterocycles. The van der Waals surface area contributed by atoms with Gasteiger partial charge < -0.3 is 14.8 Å². The first-order chi connectivity index (χ1) is 8.50. The maximum atomic E-state index is 11.5. The number of carbonyl (C=O) groups excluding carboxylic acids is 1. The molecule has 0 aliphatic heterocycles. The minimum Gasteiger partial charge on any atom is -0.480 e. The predicted octanol–water partition coefficient (Wildman–Crippen LogP) is 1.74. The monoisotopic (exact) mass is 271 g/mol. The maximum Gasteiger partial charge on any atom is 0.316 e. The molecule has 1 atom stereocenters. The summed E-state index contributed by atoms with van der Waals surface area (Å²) in [6, 6.07) is 3.51. The molecule has 0 spiro atoms. The summed E-state index contributed by atoms with van der Waals surface area (Å²) in [5.41, 5.74) is 0. The molecule has 0 bridgehead atoms. The van der Waals surface area contributed by atoms with Crippen LogP contribution in [0.4, 0.5) is 0 Å². The van der Waals surface area contributed by atoms with Crippen LogP contribution < -0.4 is 5.32 Å². The van der Waals surface area contributed by atoms with Gasteiger partial charge in [0.15, 0.2) is 0 Å². The van der Waals surface area contributed by atoms with E-state index in [-0.39, 0.29) is 17.6 Å². The van der Waals surface area contributed by atoms with E-state index in [4.69, 9.17) is 9.52 Å². The summed E-state index contributed by atoms with van der Waals surface area (Å²) in [6.07, 6.45) is 1.54. The van der Waals surface area contributed by atoms with Gasteiger partial charge in [0.2, 0.25) is 5.91 Å². The van der Waals surface area contributed by atoms with Crippen molar-refractivity contribution in [2.75, 3.05) is 5.75 Å². The van der Waals surface area contributed by atoms with Crippen LogP contribution in [0.5, 0.6) is 0 Å². The van der Waals surface area contributed by atoms with Gasteiger partial charge in [-0.2, -0.15) is 0 Å². The number of thioether (sulfide) groups is 1. The van der Waals surface area contributed by atoms with Crippen molar-refractivity contribution in [3.05, 3.63) is 24.2 Å². The van der Waals surface area contributed by atoms with Crippen molar-refractivity contribution < 1.29 is 19.1 Å². The molecule has 0 fully saturated rings. The molecular weight excluding hydrogens is 254 g/mol. The van der Waals surface area contributed by atoms with Gasteiger partial charge in [-0.1, -0.05) is 13.8 Å². The highest BCUT2D eigenvalue weighted by Gasteiger charge is 2.22. The second-order valence-corrected chi connectivity index (χ2v) is 5.30. The van der Waals surface area contributed by atoms with Crippen molar-refractivity contribution in [1.82, 2.24) is 5.32 Å². The molecule has 0 aromatic carbocycles. The van der Waals surface area contributed by atoms with Crippen molar-refractivity contribution in [3.8, 4) is 0 Å². The zero-order valence-corrected chi connectivity index (χ0v) is 11.2. The van der Waals surface area contributed by atoms with E-state index in [1.807, 2.05) is 13.8 Å². The van der Waals surface area contributed by atoms with Crippen LogP contribution in [-0.4, -0.2) is 28.0 Å². The van der Waals surface area contributed by atoms with E-state index in [2.05, 4.69) is 5.32 Å². The third-order valence-electron chi connectivity index (χ3n) is 2.28. The van der Waals surface area contributed by atoms with E-state index in [1.54, 1.807) is 12.1 Å². The third-order valence-corrected chi connectivity index (χ3v) is 3.82. The number of rotatable bonds is 7. The molecule has 5 nitrogen and oxygen atoms in total. The minimum atomic E-state index is -0.881. The standard InChI is InChI=1S/C12H17NO4S/c1-8(2)11(12(15)16)18-7-10(14)13-6-9-4-3-5-17-9/h3-5,8,11H,6-7H2,1-2H3,(H,13,14)(H,15,16). The molecule has 1 rings (SSSR count). The number of carboxylic acid groups (broad SMARTS) is 1. The first-order valence-corrected chi connectivity index (χ1v) is 6.69. The molecule has 0 aliphatic rings. The van der Waals surface area contributed by atoms with Crippen LogP contribution in [-0.2, 0) is 16.1 Å². The lowest BCUT2D eigenvalue weighted by atomic mass is 10.1. The Morgan fingerprint density at radius 1 is 1.50 bits per heavy atom. The number of amides is 1. The Hall–Kier alpha value is -1.43. The molecule has 100 valence electrons. The molecule has 1 amide bonds. The van der Waals surface area contributed by atoms with Crippen LogP contribution in [0.3, 0.4) is 0 Å². The number of aliphatic carboxylic acids is 1. The topological polar surface area (TPSA) is 79.5 Å². The van der Waals surface area contributed by atoms with Crippen LogP contribution in [0.25, 0.3) is 0 Å². The van der Waals surface area contributed by atoms with Crippen LogP contribution >= 0.6 is 11.8 Å². The highest BCUT2D eigenvalue weighted by atomic mass is 32.2. The zero-order chi connectivity index (χ0) is 13.5. The van der Waals surface area contributed by atoms with Crippen LogP contribution in [0.15, 0.2) is 22.8 Å². The van der Waals surface area contributed by atoms with Gasteiger partial charge >= 0.3 is 5.97 Å². The van der Waals surface area contributed by atoms with E-state index in [0.717, 1.165) is 11.8 Å². The Bertz CT molecular complexity index is 389. The smallest absolute Gasteiger partial charge is 0.316 e. The highest BCUT2D eigenvalue weighted by molar-refractivity contribution is 8.01. The zero-order valence-electron chi connectivity index (χ0n) is 10.4. The lowest BCUT2D eigenvalue weighted by molar-refractivity contribution is -0.137. The largest absolute Gasteiger partial charge is 0.480 e. The fraction of sp³-hybridized carbons (Fsp3) is 0.500. The van der Waals surface area contributed by atoms with E-state index in [0.29, 0.717) is 12.3 Å². The summed E-state index contributed by atoms with van der Waals surface area (Å²) in [7, 11) is 0. The number of hydrogen-bond acceptors (Lipinski definition) is 4. The lowest BCUT2D eigenvalue weighted by Gasteiger charge is -2.15. The van der Waals surface area contributed by atoms with Crippen molar-refractivity contribution in [2.24, 2.45) is 5.92 Å². The molecule has 0 saturated carbocycles. The highest BCUT2D eigenvalue weighted by Crippen LogP contribution is 2.19. The summed E-state index contributed by atoms with van der Waals surface area (Å²) in [5.74, 6) is -0.273. The Labute approximate surface area is 110 Å². The summed E-state index contributed by atoms with van der Waals surface area (Å²) in [6.45, 7) is 3.98. The molecule has 1 aromatic heterocycles. The van der Waals surface area contributed by atoms with Gasteiger partial charge in [-0.15, -0.1) is 11.8 Å². The average Bonchev–Trinajstić information content (AvgIpc) is 2.78. The fourth-order valence-electron chi connectivity index (χ4n) is 1.36. The molecule has 18 heavy (non-hydrogen) atoms. The van der Waals surface area contributed by atoms with E-state index < -0.39 is 11.2 Å². The predicted molar refractivity (Wildman–Crippen MR) is 69.3 cm³/mol. The molecule has 1 heterocycles. The lowest BCUT2D eigenvalue weighted by Crippen LogP contribution is -2.29. The normalized spacial score (nSPS) is 12.4. The molecule has 2 N–H and O–H groups in total. The van der Waals surface area contributed by atoms with E-state index in [9.17, 15) is 9.59 Å². The summed E-state index contributed by atoms with van der Waals surface area (Å²) >= 11 is 1.14. The van der Waals surface area contributed by atoms with Gasteiger partial charge in [-0.05, 0) is 18.1 Å². The first-order valence-electron chi connectivity index (χ1n) is 5.64. The molecule has 1 unspecified atom stereocenters. The third kappa shape index (κ3) is 4.83. The summed E-state index contributed by atoms with van der Waals surface area (Å²) < 4.78 is 5.07. The van der Waals surface area contributed by atoms with Gasteiger partial charge in [0, 0.05) is 0 Å². The number of carboxylic acids is 1. The van der Waals surface area contributed by atoms with Crippen molar-refractivity contribution >= 4 is 23.6 Å². The first kappa shape index (κ1) is 14.6. The molecule has 1 aromatic rings. The minimum absolute atomic E-state index is 0.00891. The SMILES string of the molecule is CC(C)C(SCC(=O)NCc1ccco1)C(=O)O. The van der Waals surface area contributed by atoms with Gasteiger partial charge in [0.25, 0.3) is 0 Å². The van der Waals surface area contributed by atoms with Gasteiger partial charge in [-0.3, -0.25) is 9.59 Å². The molecule has 6 heteroatoms. The Morgan fingerprint density at radius 3 is 2.72 bits per heavy atom. The van der Waals surface area contributed by atoms with Crippen molar-refractivity contribution in [2.45, 2.75) is 25.6 Å². The number of nitrogens with one attached hydrogen (secondary N) is 1. The second-order valence-electron chi connectivity index (χ2n) is 4.17. The second kappa shape index (κ2) is 7.10. The number of hydrogen-bond donors (Lipinski definition) is 2. The average molecular weight is 271 g/mol. The van der Waals surface area contributed by atoms with Crippen molar-refractivity contribution in [1.29, 1.82) is 0 Å². The Balaban J connectivity index is 2.29. The van der Waals surface area contributed by atoms with Gasteiger partial charge in [-0.25, -0.2) is 0 Å². The fourth-order valence-corrected chi connectivity index (χ4v) is 2.32. The van der Waals surface area contributed by atoms with Crippen LogP contribution in [0.2, 0.25) is 0 Å². The molecule has 0 aliphatic carbocycles. The molecular formula is C12H17NO4S. The van der Waals surface area contributed by atoms with Crippen molar-refractivity contribution in [3.63, 3.8) is 0 Å². The van der Waals surface area contributed by atoms with E-state index >= 15 is 0 Å². The van der Waals surface area contributed by atoms with Gasteiger partial charge in [0.05, 0.1) is 18.6 Å². The van der Waals surface area contributed by atoms with Crippen LogP contribution in [0.1, 0.15) is 19.6 Å². The van der Waals surface area contributed by atoms with E-state index in [1.165, 1.54) is 6.26 Å². The Kier molecular flexibility index (Phi) is 5.77. The molecule has 0 radical (unpaired) electrons. The maximum absolute atomic E-state index is 11.5. The summed E-state index contributed by atoms with van der Waals surface area (Å²) in [4.78, 5) is 22.5. The number of furan rings is 1. The quantitative estimate of drug-likeness (QED) is 0.789. The Morgan fingerprint density at radius 2 is 2.22 bits per heavy atom. The van der Waals surface area contributed by atoms with Crippen LogP contribution in [0, 0.1) is 5.92 Å². The summed E-state index contributed by atoms with van der Waals surface area (Å²) in [5, 5.41) is 11.1. The number of carbonyl (C=O) groups is 2. The van der Waals surface area contributed by atoms with Gasteiger partial charge in [0.1, 0.15) is 11.0 Å².